The van der Waals surface area contributed by atoms with Crippen molar-refractivity contribution in [1.29, 1.82) is 0 Å². The van der Waals surface area contributed by atoms with Gasteiger partial charge in [-0.3, -0.25) is 4.79 Å². The Balaban J connectivity index is 1.51. The molecule has 5 rings (SSSR count). The number of fused-ring (bicyclic) bond motifs is 1. The molecular formula is C25H24N6O2. The molecule has 1 aliphatic rings. The van der Waals surface area contributed by atoms with Gasteiger partial charge in [-0.2, -0.15) is 0 Å². The van der Waals surface area contributed by atoms with Crippen molar-refractivity contribution >= 4 is 39.8 Å². The smallest absolute Gasteiger partial charge is 0.221 e. The summed E-state index contributed by atoms with van der Waals surface area (Å²) in [7, 11) is 0. The van der Waals surface area contributed by atoms with Gasteiger partial charge in [0, 0.05) is 37.3 Å². The second-order valence-electron chi connectivity index (χ2n) is 7.81. The summed E-state index contributed by atoms with van der Waals surface area (Å²) in [5, 5.41) is 6.93. The van der Waals surface area contributed by atoms with E-state index in [2.05, 4.69) is 66.9 Å². The van der Waals surface area contributed by atoms with E-state index in [0.717, 1.165) is 48.3 Å². The Morgan fingerprint density at radius 3 is 2.64 bits per heavy atom. The second kappa shape index (κ2) is 9.22. The van der Waals surface area contributed by atoms with Crippen molar-refractivity contribution in [2.24, 2.45) is 0 Å². The van der Waals surface area contributed by atoms with Crippen LogP contribution in [0.25, 0.3) is 22.0 Å². The molecule has 2 aromatic heterocycles. The molecule has 1 saturated heterocycles. The van der Waals surface area contributed by atoms with Crippen LogP contribution in [0, 0.1) is 0 Å². The summed E-state index contributed by atoms with van der Waals surface area (Å²) in [5.74, 6) is 0.977. The zero-order valence-corrected chi connectivity index (χ0v) is 18.3. The molecule has 0 bridgehead atoms. The number of aromatic nitrogens is 3. The molecule has 33 heavy (non-hydrogen) atoms. The van der Waals surface area contributed by atoms with E-state index in [1.807, 2.05) is 6.07 Å². The van der Waals surface area contributed by atoms with Crippen molar-refractivity contribution in [2.75, 3.05) is 41.8 Å². The monoisotopic (exact) mass is 440 g/mol. The van der Waals surface area contributed by atoms with Gasteiger partial charge in [-0.25, -0.2) is 15.0 Å². The maximum absolute atomic E-state index is 11.6. The molecule has 166 valence electrons. The quantitative estimate of drug-likeness (QED) is 0.480. The zero-order valence-electron chi connectivity index (χ0n) is 18.3. The van der Waals surface area contributed by atoms with Crippen molar-refractivity contribution in [2.45, 2.75) is 6.92 Å². The molecule has 0 spiro atoms. The van der Waals surface area contributed by atoms with Crippen LogP contribution in [0.3, 0.4) is 0 Å². The lowest BCUT2D eigenvalue weighted by Crippen LogP contribution is -2.36. The number of morpholine rings is 1. The average molecular weight is 441 g/mol. The Hall–Kier alpha value is -4.04. The molecule has 8 nitrogen and oxygen atoms in total. The Morgan fingerprint density at radius 1 is 0.939 bits per heavy atom. The first-order valence-electron chi connectivity index (χ1n) is 10.8. The molecule has 4 aromatic rings. The van der Waals surface area contributed by atoms with E-state index in [4.69, 9.17) is 4.74 Å². The van der Waals surface area contributed by atoms with Crippen molar-refractivity contribution in [1.82, 2.24) is 15.0 Å². The molecule has 8 heteroatoms. The van der Waals surface area contributed by atoms with Gasteiger partial charge in [0.25, 0.3) is 0 Å². The van der Waals surface area contributed by atoms with Gasteiger partial charge in [-0.1, -0.05) is 18.2 Å². The lowest BCUT2D eigenvalue weighted by molar-refractivity contribution is -0.114. The third-order valence-electron chi connectivity index (χ3n) is 5.55. The fourth-order valence-electron chi connectivity index (χ4n) is 3.95. The van der Waals surface area contributed by atoms with E-state index in [1.54, 1.807) is 18.3 Å². The first kappa shape index (κ1) is 20.8. The number of carbonyl (C=O) groups excluding carboxylic acids is 1. The van der Waals surface area contributed by atoms with E-state index in [9.17, 15) is 4.79 Å². The Labute approximate surface area is 191 Å². The van der Waals surface area contributed by atoms with E-state index in [1.165, 1.54) is 18.9 Å². The average Bonchev–Trinajstić information content (AvgIpc) is 2.85. The van der Waals surface area contributed by atoms with Gasteiger partial charge < -0.3 is 20.3 Å². The first-order chi connectivity index (χ1) is 16.2. The Morgan fingerprint density at radius 2 is 1.79 bits per heavy atom. The predicted octanol–water partition coefficient (Wildman–Crippen LogP) is 4.23. The van der Waals surface area contributed by atoms with Crippen LogP contribution in [0.2, 0.25) is 0 Å². The topological polar surface area (TPSA) is 92.3 Å². The van der Waals surface area contributed by atoms with Crippen molar-refractivity contribution < 1.29 is 9.53 Å². The van der Waals surface area contributed by atoms with Crippen LogP contribution in [0.4, 0.5) is 23.0 Å². The molecule has 0 unspecified atom stereocenters. The summed E-state index contributed by atoms with van der Waals surface area (Å²) in [4.78, 5) is 27.2. The number of benzene rings is 2. The fourth-order valence-corrected chi connectivity index (χ4v) is 3.95. The number of nitrogens with zero attached hydrogens (tertiary/aromatic N) is 4. The number of rotatable bonds is 5. The number of ether oxygens (including phenoxy) is 1. The first-order valence-corrected chi connectivity index (χ1v) is 10.8. The summed E-state index contributed by atoms with van der Waals surface area (Å²) < 4.78 is 5.49. The van der Waals surface area contributed by atoms with Gasteiger partial charge in [-0.05, 0) is 47.5 Å². The Kier molecular flexibility index (Phi) is 5.82. The molecular weight excluding hydrogens is 416 g/mol. The van der Waals surface area contributed by atoms with Crippen LogP contribution < -0.4 is 15.5 Å². The number of amides is 1. The van der Waals surface area contributed by atoms with Crippen LogP contribution in [0.1, 0.15) is 6.92 Å². The highest BCUT2D eigenvalue weighted by Gasteiger charge is 2.13. The maximum atomic E-state index is 11.6. The molecule has 0 saturated carbocycles. The van der Waals surface area contributed by atoms with Gasteiger partial charge in [-0.15, -0.1) is 0 Å². The third-order valence-corrected chi connectivity index (χ3v) is 5.55. The molecule has 1 aliphatic heterocycles. The zero-order chi connectivity index (χ0) is 22.6. The fraction of sp³-hybridized carbons (Fsp3) is 0.200. The molecule has 0 radical (unpaired) electrons. The van der Waals surface area contributed by atoms with Crippen LogP contribution in [0.5, 0.6) is 0 Å². The molecule has 3 heterocycles. The van der Waals surface area contributed by atoms with Crippen LogP contribution in [-0.4, -0.2) is 47.2 Å². The maximum Gasteiger partial charge on any atom is 0.221 e. The molecule has 1 amide bonds. The van der Waals surface area contributed by atoms with Gasteiger partial charge in [0.15, 0.2) is 5.82 Å². The third kappa shape index (κ3) is 4.61. The molecule has 0 atom stereocenters. The normalized spacial score (nSPS) is 13.7. The highest BCUT2D eigenvalue weighted by molar-refractivity contribution is 5.96. The largest absolute Gasteiger partial charge is 0.378 e. The van der Waals surface area contributed by atoms with E-state index >= 15 is 0 Å². The minimum absolute atomic E-state index is 0.166. The van der Waals surface area contributed by atoms with Gasteiger partial charge in [0.05, 0.1) is 24.4 Å². The number of pyridine rings is 1. The van der Waals surface area contributed by atoms with Crippen LogP contribution in [0.15, 0.2) is 67.1 Å². The summed E-state index contributed by atoms with van der Waals surface area (Å²) in [6.07, 6.45) is 3.18. The summed E-state index contributed by atoms with van der Waals surface area (Å²) in [6, 6.07) is 18.2. The number of carbonyl (C=O) groups is 1. The van der Waals surface area contributed by atoms with Crippen molar-refractivity contribution in [3.8, 4) is 11.1 Å². The highest BCUT2D eigenvalue weighted by Crippen LogP contribution is 2.31. The standard InChI is InChI=1S/C25H24N6O2/c1-17(32)29-23-6-3-9-26-25(23)30-24-21-15-19(7-8-22(21)27-16-28-24)18-4-2-5-20(14-18)31-10-12-33-13-11-31/h2-9,14-16H,10-13H2,1H3,(H,29,32)(H,26,27,28,30). The number of anilines is 4. The van der Waals surface area contributed by atoms with E-state index in [0.29, 0.717) is 17.3 Å². The van der Waals surface area contributed by atoms with Crippen LogP contribution in [-0.2, 0) is 9.53 Å². The summed E-state index contributed by atoms with van der Waals surface area (Å²) in [5.41, 5.74) is 4.78. The van der Waals surface area contributed by atoms with Gasteiger partial charge >= 0.3 is 0 Å². The van der Waals surface area contributed by atoms with E-state index < -0.39 is 0 Å². The van der Waals surface area contributed by atoms with Gasteiger partial charge in [0.1, 0.15) is 12.1 Å². The number of nitrogens with one attached hydrogen (secondary N) is 2. The van der Waals surface area contributed by atoms with Crippen molar-refractivity contribution in [3.63, 3.8) is 0 Å². The minimum Gasteiger partial charge on any atom is -0.378 e. The minimum atomic E-state index is -0.166. The molecule has 0 aliphatic carbocycles. The summed E-state index contributed by atoms with van der Waals surface area (Å²) in [6.45, 7) is 4.75. The predicted molar refractivity (Wildman–Crippen MR) is 130 cm³/mol. The second-order valence-corrected chi connectivity index (χ2v) is 7.81. The summed E-state index contributed by atoms with van der Waals surface area (Å²) >= 11 is 0. The number of hydrogen-bond donors (Lipinski definition) is 2. The Bertz CT molecular complexity index is 1300. The molecule has 1 fully saturated rings. The number of hydrogen-bond acceptors (Lipinski definition) is 7. The lowest BCUT2D eigenvalue weighted by Gasteiger charge is -2.29. The van der Waals surface area contributed by atoms with E-state index in [-0.39, 0.29) is 5.91 Å². The van der Waals surface area contributed by atoms with Crippen molar-refractivity contribution in [3.05, 3.63) is 67.1 Å². The van der Waals surface area contributed by atoms with Crippen LogP contribution >= 0.6 is 0 Å². The molecule has 2 aromatic carbocycles. The highest BCUT2D eigenvalue weighted by atomic mass is 16.5. The molecule has 2 N–H and O–H groups in total. The SMILES string of the molecule is CC(=O)Nc1cccnc1Nc1ncnc2ccc(-c3cccc(N4CCOCC4)c3)cc12. The van der Waals surface area contributed by atoms with Gasteiger partial charge in [0.2, 0.25) is 5.91 Å². The lowest BCUT2D eigenvalue weighted by atomic mass is 10.0.